The van der Waals surface area contributed by atoms with Gasteiger partial charge in [-0.1, -0.05) is 35.0 Å². The van der Waals surface area contributed by atoms with Crippen molar-refractivity contribution in [1.82, 2.24) is 5.32 Å². The monoisotopic (exact) mass is 349 g/mol. The molecule has 4 heteroatoms. The molecule has 0 saturated carbocycles. The summed E-state index contributed by atoms with van der Waals surface area (Å²) >= 11 is 3.50. The molecular weight excluding hydrogens is 330 g/mol. The maximum atomic E-state index is 9.27. The first kappa shape index (κ1) is 15.9. The summed E-state index contributed by atoms with van der Waals surface area (Å²) in [6.07, 6.45) is 0.996. The Balaban J connectivity index is 1.95. The SMILES string of the molecule is CCCOc1ccc(Br)cc1CNCc1ccc(O)cc1. The van der Waals surface area contributed by atoms with Gasteiger partial charge < -0.3 is 15.2 Å². The summed E-state index contributed by atoms with van der Waals surface area (Å²) in [6, 6.07) is 13.3. The van der Waals surface area contributed by atoms with Gasteiger partial charge in [-0.2, -0.15) is 0 Å². The third-order valence-electron chi connectivity index (χ3n) is 3.07. The van der Waals surface area contributed by atoms with Gasteiger partial charge in [0.15, 0.2) is 0 Å². The fourth-order valence-electron chi connectivity index (χ4n) is 1.99. The number of benzene rings is 2. The molecule has 0 unspecified atom stereocenters. The molecule has 0 amide bonds. The molecule has 112 valence electrons. The summed E-state index contributed by atoms with van der Waals surface area (Å²) in [4.78, 5) is 0. The molecule has 2 aromatic rings. The third-order valence-corrected chi connectivity index (χ3v) is 3.56. The van der Waals surface area contributed by atoms with E-state index in [1.807, 2.05) is 24.3 Å². The first-order chi connectivity index (χ1) is 10.2. The van der Waals surface area contributed by atoms with Gasteiger partial charge in [0.2, 0.25) is 0 Å². The lowest BCUT2D eigenvalue weighted by Gasteiger charge is -2.12. The van der Waals surface area contributed by atoms with Gasteiger partial charge in [0.05, 0.1) is 6.61 Å². The van der Waals surface area contributed by atoms with Crippen LogP contribution in [0, 0.1) is 0 Å². The predicted molar refractivity (Wildman–Crippen MR) is 88.6 cm³/mol. The Labute approximate surface area is 134 Å². The van der Waals surface area contributed by atoms with Crippen LogP contribution in [0.15, 0.2) is 46.9 Å². The van der Waals surface area contributed by atoms with Crippen LogP contribution in [0.2, 0.25) is 0 Å². The van der Waals surface area contributed by atoms with Gasteiger partial charge in [0.1, 0.15) is 11.5 Å². The second kappa shape index (κ2) is 8.05. The van der Waals surface area contributed by atoms with E-state index in [0.717, 1.165) is 47.5 Å². The molecule has 0 radical (unpaired) electrons. The second-order valence-electron chi connectivity index (χ2n) is 4.87. The van der Waals surface area contributed by atoms with E-state index in [4.69, 9.17) is 4.74 Å². The Bertz CT molecular complexity index is 570. The minimum absolute atomic E-state index is 0.293. The number of ether oxygens (including phenoxy) is 1. The number of rotatable bonds is 7. The van der Waals surface area contributed by atoms with Crippen molar-refractivity contribution in [3.8, 4) is 11.5 Å². The molecule has 2 N–H and O–H groups in total. The molecule has 3 nitrogen and oxygen atoms in total. The number of nitrogens with one attached hydrogen (secondary N) is 1. The lowest BCUT2D eigenvalue weighted by molar-refractivity contribution is 0.313. The van der Waals surface area contributed by atoms with Crippen molar-refractivity contribution in [2.45, 2.75) is 26.4 Å². The summed E-state index contributed by atoms with van der Waals surface area (Å²) in [5, 5.41) is 12.7. The number of halogens is 1. The van der Waals surface area contributed by atoms with Crippen molar-refractivity contribution in [2.75, 3.05) is 6.61 Å². The van der Waals surface area contributed by atoms with E-state index in [-0.39, 0.29) is 0 Å². The maximum Gasteiger partial charge on any atom is 0.123 e. The Morgan fingerprint density at radius 1 is 1.10 bits per heavy atom. The van der Waals surface area contributed by atoms with Crippen molar-refractivity contribution >= 4 is 15.9 Å². The van der Waals surface area contributed by atoms with Crippen LogP contribution >= 0.6 is 15.9 Å². The molecule has 0 atom stereocenters. The van der Waals surface area contributed by atoms with Gasteiger partial charge in [0, 0.05) is 23.1 Å². The second-order valence-corrected chi connectivity index (χ2v) is 5.79. The quantitative estimate of drug-likeness (QED) is 0.785. The average Bonchev–Trinajstić information content (AvgIpc) is 2.48. The number of aromatic hydroxyl groups is 1. The highest BCUT2D eigenvalue weighted by molar-refractivity contribution is 9.10. The largest absolute Gasteiger partial charge is 0.508 e. The van der Waals surface area contributed by atoms with Crippen molar-refractivity contribution in [3.05, 3.63) is 58.1 Å². The van der Waals surface area contributed by atoms with Crippen molar-refractivity contribution in [3.63, 3.8) is 0 Å². The van der Waals surface area contributed by atoms with E-state index in [0.29, 0.717) is 5.75 Å². The maximum absolute atomic E-state index is 9.27. The van der Waals surface area contributed by atoms with Gasteiger partial charge in [-0.3, -0.25) is 0 Å². The van der Waals surface area contributed by atoms with Crippen LogP contribution < -0.4 is 10.1 Å². The molecule has 21 heavy (non-hydrogen) atoms. The van der Waals surface area contributed by atoms with Crippen LogP contribution in [0.5, 0.6) is 11.5 Å². The number of hydrogen-bond donors (Lipinski definition) is 2. The van der Waals surface area contributed by atoms with E-state index in [9.17, 15) is 5.11 Å². The van der Waals surface area contributed by atoms with Gasteiger partial charge in [-0.25, -0.2) is 0 Å². The van der Waals surface area contributed by atoms with Crippen LogP contribution in [0.4, 0.5) is 0 Å². The molecule has 0 fully saturated rings. The number of hydrogen-bond acceptors (Lipinski definition) is 3. The molecule has 0 aliphatic rings. The molecular formula is C17H20BrNO2. The Hall–Kier alpha value is -1.52. The minimum atomic E-state index is 0.293. The van der Waals surface area contributed by atoms with E-state index < -0.39 is 0 Å². The van der Waals surface area contributed by atoms with Gasteiger partial charge in [-0.15, -0.1) is 0 Å². The molecule has 0 bridgehead atoms. The van der Waals surface area contributed by atoms with Gasteiger partial charge in [0.25, 0.3) is 0 Å². The topological polar surface area (TPSA) is 41.5 Å². The molecule has 2 rings (SSSR count). The highest BCUT2D eigenvalue weighted by atomic mass is 79.9. The first-order valence-electron chi connectivity index (χ1n) is 7.09. The lowest BCUT2D eigenvalue weighted by atomic mass is 10.2. The van der Waals surface area contributed by atoms with E-state index in [2.05, 4.69) is 34.2 Å². The molecule has 0 heterocycles. The van der Waals surface area contributed by atoms with Crippen LogP contribution in [0.1, 0.15) is 24.5 Å². The summed E-state index contributed by atoms with van der Waals surface area (Å²) in [7, 11) is 0. The van der Waals surface area contributed by atoms with Crippen LogP contribution in [-0.2, 0) is 13.1 Å². The Kier molecular flexibility index (Phi) is 6.08. The zero-order valence-corrected chi connectivity index (χ0v) is 13.7. The zero-order chi connectivity index (χ0) is 15.1. The Morgan fingerprint density at radius 2 is 1.86 bits per heavy atom. The van der Waals surface area contributed by atoms with E-state index >= 15 is 0 Å². The standard InChI is InChI=1S/C17H20BrNO2/c1-2-9-21-17-8-5-15(18)10-14(17)12-19-11-13-3-6-16(20)7-4-13/h3-8,10,19-20H,2,9,11-12H2,1H3. The molecule has 0 saturated heterocycles. The highest BCUT2D eigenvalue weighted by Gasteiger charge is 2.04. The predicted octanol–water partition coefficient (Wildman–Crippen LogP) is 4.23. The summed E-state index contributed by atoms with van der Waals surface area (Å²) in [5.74, 6) is 1.22. The van der Waals surface area contributed by atoms with Gasteiger partial charge in [-0.05, 0) is 42.3 Å². The number of phenols is 1. The molecule has 0 aliphatic heterocycles. The van der Waals surface area contributed by atoms with Crippen molar-refractivity contribution in [2.24, 2.45) is 0 Å². The normalized spacial score (nSPS) is 10.6. The van der Waals surface area contributed by atoms with Crippen LogP contribution in [0.3, 0.4) is 0 Å². The Morgan fingerprint density at radius 3 is 2.57 bits per heavy atom. The fraction of sp³-hybridized carbons (Fsp3) is 0.294. The number of phenolic OH excluding ortho intramolecular Hbond substituents is 1. The average molecular weight is 350 g/mol. The summed E-state index contributed by atoms with van der Waals surface area (Å²) < 4.78 is 6.81. The van der Waals surface area contributed by atoms with Crippen LogP contribution in [0.25, 0.3) is 0 Å². The van der Waals surface area contributed by atoms with Gasteiger partial charge >= 0.3 is 0 Å². The zero-order valence-electron chi connectivity index (χ0n) is 12.1. The van der Waals surface area contributed by atoms with Crippen molar-refractivity contribution < 1.29 is 9.84 Å². The van der Waals surface area contributed by atoms with E-state index in [1.165, 1.54) is 0 Å². The minimum Gasteiger partial charge on any atom is -0.508 e. The van der Waals surface area contributed by atoms with Crippen LogP contribution in [-0.4, -0.2) is 11.7 Å². The summed E-state index contributed by atoms with van der Waals surface area (Å²) in [5.41, 5.74) is 2.27. The third kappa shape index (κ3) is 5.06. The molecule has 0 aromatic heterocycles. The fourth-order valence-corrected chi connectivity index (χ4v) is 2.40. The highest BCUT2D eigenvalue weighted by Crippen LogP contribution is 2.23. The van der Waals surface area contributed by atoms with E-state index in [1.54, 1.807) is 12.1 Å². The molecule has 2 aromatic carbocycles. The van der Waals surface area contributed by atoms with Crippen molar-refractivity contribution in [1.29, 1.82) is 0 Å². The smallest absolute Gasteiger partial charge is 0.123 e. The molecule has 0 aliphatic carbocycles. The molecule has 0 spiro atoms. The summed E-state index contributed by atoms with van der Waals surface area (Å²) in [6.45, 7) is 4.31. The first-order valence-corrected chi connectivity index (χ1v) is 7.88. The lowest BCUT2D eigenvalue weighted by Crippen LogP contribution is -2.13.